The lowest BCUT2D eigenvalue weighted by molar-refractivity contribution is 0.538. The molecule has 2 rings (SSSR count). The summed E-state index contributed by atoms with van der Waals surface area (Å²) in [6.07, 6.45) is 1.93. The highest BCUT2D eigenvalue weighted by Crippen LogP contribution is 2.27. The molecule has 4 nitrogen and oxygen atoms in total. The minimum Gasteiger partial charge on any atom is -0.313 e. The molecule has 2 N–H and O–H groups in total. The molecule has 1 aromatic carbocycles. The monoisotopic (exact) mass is 406 g/mol. The lowest BCUT2D eigenvalue weighted by Crippen LogP contribution is -2.37. The summed E-state index contributed by atoms with van der Waals surface area (Å²) in [7, 11) is -3.89. The SMILES string of the molecule is Cl.O=S(=O)(NCC1CCCN1)c1cc(Cl)c(Br)cc1F. The van der Waals surface area contributed by atoms with E-state index in [1.54, 1.807) is 0 Å². The van der Waals surface area contributed by atoms with E-state index < -0.39 is 20.7 Å². The minimum atomic E-state index is -3.89. The molecule has 0 aliphatic carbocycles. The highest BCUT2D eigenvalue weighted by molar-refractivity contribution is 9.10. The van der Waals surface area contributed by atoms with E-state index >= 15 is 0 Å². The van der Waals surface area contributed by atoms with Gasteiger partial charge in [0.2, 0.25) is 10.0 Å². The Labute approximate surface area is 137 Å². The number of hydrogen-bond acceptors (Lipinski definition) is 3. The molecular weight excluding hydrogens is 394 g/mol. The van der Waals surface area contributed by atoms with Gasteiger partial charge >= 0.3 is 0 Å². The maximum Gasteiger partial charge on any atom is 0.243 e. The number of nitrogens with one attached hydrogen (secondary N) is 2. The van der Waals surface area contributed by atoms with Gasteiger partial charge in [0.15, 0.2) is 0 Å². The van der Waals surface area contributed by atoms with Crippen molar-refractivity contribution in [2.75, 3.05) is 13.1 Å². The molecule has 20 heavy (non-hydrogen) atoms. The van der Waals surface area contributed by atoms with Gasteiger partial charge in [0.05, 0.1) is 5.02 Å². The van der Waals surface area contributed by atoms with Gasteiger partial charge in [-0.3, -0.25) is 0 Å². The van der Waals surface area contributed by atoms with Gasteiger partial charge in [0, 0.05) is 17.1 Å². The molecule has 1 fully saturated rings. The predicted octanol–water partition coefficient (Wildman–Crippen LogP) is 2.69. The van der Waals surface area contributed by atoms with Crippen molar-refractivity contribution in [3.8, 4) is 0 Å². The Bertz CT molecular complexity index is 580. The third-order valence-corrected chi connectivity index (χ3v) is 5.58. The minimum absolute atomic E-state index is 0. The molecule has 0 aromatic heterocycles. The highest BCUT2D eigenvalue weighted by Gasteiger charge is 2.23. The van der Waals surface area contributed by atoms with Gasteiger partial charge in [-0.1, -0.05) is 11.6 Å². The van der Waals surface area contributed by atoms with Gasteiger partial charge in [0.1, 0.15) is 10.7 Å². The molecular formula is C11H14BrCl2FN2O2S. The van der Waals surface area contributed by atoms with Crippen molar-refractivity contribution in [2.45, 2.75) is 23.8 Å². The van der Waals surface area contributed by atoms with Crippen LogP contribution in [0, 0.1) is 5.82 Å². The summed E-state index contributed by atoms with van der Waals surface area (Å²) in [6.45, 7) is 1.13. The molecule has 0 radical (unpaired) electrons. The van der Waals surface area contributed by atoms with Crippen LogP contribution in [0.2, 0.25) is 5.02 Å². The van der Waals surface area contributed by atoms with Crippen molar-refractivity contribution in [1.82, 2.24) is 10.0 Å². The van der Waals surface area contributed by atoms with E-state index in [-0.39, 0.29) is 30.0 Å². The van der Waals surface area contributed by atoms with Gasteiger partial charge in [-0.05, 0) is 47.4 Å². The van der Waals surface area contributed by atoms with E-state index in [0.29, 0.717) is 4.47 Å². The Hall–Kier alpha value is 0.0800. The maximum absolute atomic E-state index is 13.7. The summed E-state index contributed by atoms with van der Waals surface area (Å²) in [5, 5.41) is 3.31. The molecule has 1 saturated heterocycles. The second-order valence-corrected chi connectivity index (χ2v) is 7.34. The Balaban J connectivity index is 0.00000200. The standard InChI is InChI=1S/C11H13BrClFN2O2S.ClH/c12-8-4-10(14)11(5-9(8)13)19(17,18)16-6-7-2-1-3-15-7;/h4-5,7,15-16H,1-3,6H2;1H. The molecule has 0 bridgehead atoms. The zero-order valence-electron chi connectivity index (χ0n) is 10.3. The maximum atomic E-state index is 13.7. The second kappa shape index (κ2) is 7.38. The van der Waals surface area contributed by atoms with Gasteiger partial charge in [0.25, 0.3) is 0 Å². The Morgan fingerprint density at radius 1 is 1.50 bits per heavy atom. The summed E-state index contributed by atoms with van der Waals surface area (Å²) >= 11 is 8.84. The fourth-order valence-corrected chi connectivity index (χ4v) is 3.64. The first kappa shape index (κ1) is 18.1. The van der Waals surface area contributed by atoms with Gasteiger partial charge < -0.3 is 5.32 Å². The van der Waals surface area contributed by atoms with E-state index in [1.807, 2.05) is 0 Å². The van der Waals surface area contributed by atoms with Crippen molar-refractivity contribution < 1.29 is 12.8 Å². The quantitative estimate of drug-likeness (QED) is 0.754. The van der Waals surface area contributed by atoms with Crippen LogP contribution in [-0.4, -0.2) is 27.5 Å². The predicted molar refractivity (Wildman–Crippen MR) is 82.6 cm³/mol. The number of rotatable bonds is 4. The van der Waals surface area contributed by atoms with Crippen LogP contribution >= 0.6 is 39.9 Å². The molecule has 1 atom stereocenters. The molecule has 1 heterocycles. The van der Waals surface area contributed by atoms with Crippen LogP contribution in [0.5, 0.6) is 0 Å². The summed E-state index contributed by atoms with van der Waals surface area (Å²) in [5.41, 5.74) is 0. The number of halogens is 4. The molecule has 1 aromatic rings. The van der Waals surface area contributed by atoms with Gasteiger partial charge in [-0.2, -0.15) is 0 Å². The molecule has 1 aliphatic rings. The van der Waals surface area contributed by atoms with Crippen LogP contribution in [-0.2, 0) is 10.0 Å². The van der Waals surface area contributed by atoms with E-state index in [0.717, 1.165) is 31.5 Å². The first-order valence-corrected chi connectivity index (χ1v) is 8.43. The lowest BCUT2D eigenvalue weighted by Gasteiger charge is -2.13. The second-order valence-electron chi connectivity index (χ2n) is 4.34. The van der Waals surface area contributed by atoms with Crippen LogP contribution in [0.15, 0.2) is 21.5 Å². The Kier molecular flexibility index (Phi) is 6.69. The Morgan fingerprint density at radius 3 is 2.80 bits per heavy atom. The van der Waals surface area contributed by atoms with E-state index in [2.05, 4.69) is 26.0 Å². The Morgan fingerprint density at radius 2 is 2.20 bits per heavy atom. The summed E-state index contributed by atoms with van der Waals surface area (Å²) in [6, 6.07) is 2.25. The normalized spacial score (nSPS) is 18.9. The zero-order chi connectivity index (χ0) is 14.0. The van der Waals surface area contributed by atoms with Crippen LogP contribution in [0.1, 0.15) is 12.8 Å². The molecule has 0 saturated carbocycles. The first-order valence-electron chi connectivity index (χ1n) is 5.78. The average Bonchev–Trinajstić information content (AvgIpc) is 2.84. The smallest absolute Gasteiger partial charge is 0.243 e. The fourth-order valence-electron chi connectivity index (χ4n) is 1.93. The number of sulfonamides is 1. The lowest BCUT2D eigenvalue weighted by atomic mass is 10.2. The van der Waals surface area contributed by atoms with Crippen molar-refractivity contribution in [3.05, 3.63) is 27.4 Å². The molecule has 1 aliphatic heterocycles. The van der Waals surface area contributed by atoms with E-state index in [9.17, 15) is 12.8 Å². The fraction of sp³-hybridized carbons (Fsp3) is 0.455. The molecule has 114 valence electrons. The highest BCUT2D eigenvalue weighted by atomic mass is 79.9. The first-order chi connectivity index (χ1) is 8.90. The summed E-state index contributed by atoms with van der Waals surface area (Å²) in [4.78, 5) is -0.432. The van der Waals surface area contributed by atoms with Crippen LogP contribution in [0.4, 0.5) is 4.39 Å². The summed E-state index contributed by atoms with van der Waals surface area (Å²) in [5.74, 6) is -0.830. The topological polar surface area (TPSA) is 58.2 Å². The van der Waals surface area contributed by atoms with E-state index in [4.69, 9.17) is 11.6 Å². The molecule has 0 amide bonds. The van der Waals surface area contributed by atoms with Crippen LogP contribution in [0.25, 0.3) is 0 Å². The number of hydrogen-bond donors (Lipinski definition) is 2. The largest absolute Gasteiger partial charge is 0.313 e. The molecule has 9 heteroatoms. The van der Waals surface area contributed by atoms with Crippen molar-refractivity contribution in [2.24, 2.45) is 0 Å². The molecule has 0 spiro atoms. The zero-order valence-corrected chi connectivity index (χ0v) is 14.3. The van der Waals surface area contributed by atoms with Gasteiger partial charge in [-0.25, -0.2) is 17.5 Å². The van der Waals surface area contributed by atoms with Gasteiger partial charge in [-0.15, -0.1) is 12.4 Å². The van der Waals surface area contributed by atoms with Crippen molar-refractivity contribution in [3.63, 3.8) is 0 Å². The third-order valence-electron chi connectivity index (χ3n) is 2.95. The van der Waals surface area contributed by atoms with E-state index in [1.165, 1.54) is 0 Å². The van der Waals surface area contributed by atoms with Crippen molar-refractivity contribution >= 4 is 50.0 Å². The number of benzene rings is 1. The summed E-state index contributed by atoms with van der Waals surface area (Å²) < 4.78 is 40.5. The molecule has 1 unspecified atom stereocenters. The third kappa shape index (κ3) is 4.29. The van der Waals surface area contributed by atoms with Crippen LogP contribution < -0.4 is 10.0 Å². The average molecular weight is 408 g/mol. The van der Waals surface area contributed by atoms with Crippen molar-refractivity contribution in [1.29, 1.82) is 0 Å². The van der Waals surface area contributed by atoms with Crippen LogP contribution in [0.3, 0.4) is 0 Å².